The molecule has 0 fully saturated rings. The average Bonchev–Trinajstić information content (AvgIpc) is 3.01. The third-order valence-electron chi connectivity index (χ3n) is 3.54. The Morgan fingerprint density at radius 2 is 1.89 bits per heavy atom. The van der Waals surface area contributed by atoms with Gasteiger partial charge in [0.05, 0.1) is 5.69 Å². The van der Waals surface area contributed by atoms with Crippen molar-refractivity contribution >= 4 is 23.3 Å². The van der Waals surface area contributed by atoms with Crippen LogP contribution >= 0.6 is 11.6 Å². The summed E-state index contributed by atoms with van der Waals surface area (Å²) in [5.74, 6) is -1.16. The molecule has 0 unspecified atom stereocenters. The number of amides is 1. The van der Waals surface area contributed by atoms with E-state index in [0.29, 0.717) is 21.4 Å². The van der Waals surface area contributed by atoms with Crippen molar-refractivity contribution in [3.63, 3.8) is 0 Å². The van der Waals surface area contributed by atoms with E-state index in [1.165, 1.54) is 29.1 Å². The van der Waals surface area contributed by atoms with Crippen molar-refractivity contribution in [1.29, 1.82) is 0 Å². The second-order valence-corrected chi connectivity index (χ2v) is 6.00. The monoisotopic (exact) mass is 395 g/mol. The minimum Gasteiger partial charge on any atom is -0.281 e. The number of pyridine rings is 1. The van der Waals surface area contributed by atoms with Gasteiger partial charge >= 0.3 is 6.18 Å². The Labute approximate surface area is 157 Å². The SMILES string of the molecule is Cc1nc(C(=O)N(CC(F)(F)F)c2ccccn2)nn1-c1ccc(Cl)cc1. The van der Waals surface area contributed by atoms with Crippen LogP contribution in [-0.4, -0.2) is 38.4 Å². The number of hydrogen-bond donors (Lipinski definition) is 0. The summed E-state index contributed by atoms with van der Waals surface area (Å²) >= 11 is 5.85. The summed E-state index contributed by atoms with van der Waals surface area (Å²) in [7, 11) is 0. The van der Waals surface area contributed by atoms with Crippen LogP contribution in [0.25, 0.3) is 5.69 Å². The van der Waals surface area contributed by atoms with E-state index in [0.717, 1.165) is 0 Å². The number of aryl methyl sites for hydroxylation is 1. The van der Waals surface area contributed by atoms with Gasteiger partial charge in [0, 0.05) is 11.2 Å². The fourth-order valence-electron chi connectivity index (χ4n) is 2.38. The summed E-state index contributed by atoms with van der Waals surface area (Å²) in [6, 6.07) is 10.9. The lowest BCUT2D eigenvalue weighted by Gasteiger charge is -2.21. The molecule has 0 bridgehead atoms. The van der Waals surface area contributed by atoms with Crippen LogP contribution in [0.3, 0.4) is 0 Å². The summed E-state index contributed by atoms with van der Waals surface area (Å²) in [5.41, 5.74) is 0.573. The number of rotatable bonds is 4. The molecule has 0 saturated heterocycles. The molecule has 2 aromatic heterocycles. The normalized spacial score (nSPS) is 11.4. The van der Waals surface area contributed by atoms with Crippen LogP contribution in [-0.2, 0) is 0 Å². The highest BCUT2D eigenvalue weighted by Gasteiger charge is 2.36. The second kappa shape index (κ2) is 7.36. The molecule has 0 spiro atoms. The Bertz CT molecular complexity index is 941. The Morgan fingerprint density at radius 3 is 2.48 bits per heavy atom. The first-order valence-corrected chi connectivity index (χ1v) is 8.11. The zero-order chi connectivity index (χ0) is 19.6. The molecule has 1 aromatic carbocycles. The summed E-state index contributed by atoms with van der Waals surface area (Å²) in [4.78, 5) is 21.1. The van der Waals surface area contributed by atoms with Crippen molar-refractivity contribution in [3.05, 3.63) is 65.3 Å². The molecule has 0 atom stereocenters. The molecule has 0 radical (unpaired) electrons. The largest absolute Gasteiger partial charge is 0.406 e. The Kier molecular flexibility index (Phi) is 5.13. The van der Waals surface area contributed by atoms with Crippen molar-refractivity contribution < 1.29 is 18.0 Å². The van der Waals surface area contributed by atoms with E-state index in [4.69, 9.17) is 11.6 Å². The zero-order valence-corrected chi connectivity index (χ0v) is 14.7. The second-order valence-electron chi connectivity index (χ2n) is 5.57. The van der Waals surface area contributed by atoms with Crippen LogP contribution in [0.1, 0.15) is 16.4 Å². The maximum atomic E-state index is 13.0. The molecule has 2 heterocycles. The molecule has 0 aliphatic rings. The molecule has 140 valence electrons. The van der Waals surface area contributed by atoms with Crippen LogP contribution < -0.4 is 4.90 Å². The number of benzene rings is 1. The van der Waals surface area contributed by atoms with Crippen molar-refractivity contribution in [1.82, 2.24) is 19.7 Å². The smallest absolute Gasteiger partial charge is 0.281 e. The van der Waals surface area contributed by atoms with Gasteiger partial charge in [-0.1, -0.05) is 17.7 Å². The maximum Gasteiger partial charge on any atom is 0.406 e. The van der Waals surface area contributed by atoms with E-state index in [9.17, 15) is 18.0 Å². The van der Waals surface area contributed by atoms with Gasteiger partial charge in [-0.25, -0.2) is 14.6 Å². The molecule has 3 rings (SSSR count). The highest BCUT2D eigenvalue weighted by atomic mass is 35.5. The number of anilines is 1. The topological polar surface area (TPSA) is 63.9 Å². The number of hydrogen-bond acceptors (Lipinski definition) is 4. The summed E-state index contributed by atoms with van der Waals surface area (Å²) in [5, 5.41) is 4.58. The van der Waals surface area contributed by atoms with Crippen LogP contribution in [0.15, 0.2) is 48.7 Å². The maximum absolute atomic E-state index is 13.0. The lowest BCUT2D eigenvalue weighted by Crippen LogP contribution is -2.40. The van der Waals surface area contributed by atoms with E-state index >= 15 is 0 Å². The van der Waals surface area contributed by atoms with Crippen molar-refractivity contribution in [2.75, 3.05) is 11.4 Å². The van der Waals surface area contributed by atoms with Crippen molar-refractivity contribution in [3.8, 4) is 5.69 Å². The first-order chi connectivity index (χ1) is 12.7. The number of carbonyl (C=O) groups excluding carboxylic acids is 1. The van der Waals surface area contributed by atoms with Gasteiger partial charge in [0.2, 0.25) is 5.82 Å². The highest BCUT2D eigenvalue weighted by Crippen LogP contribution is 2.22. The number of carbonyl (C=O) groups is 1. The molecule has 3 aromatic rings. The van der Waals surface area contributed by atoms with E-state index < -0.39 is 18.6 Å². The van der Waals surface area contributed by atoms with E-state index in [2.05, 4.69) is 15.1 Å². The Hall–Kier alpha value is -2.94. The van der Waals surface area contributed by atoms with Crippen molar-refractivity contribution in [2.45, 2.75) is 13.1 Å². The lowest BCUT2D eigenvalue weighted by atomic mass is 10.3. The van der Waals surface area contributed by atoms with Crippen LogP contribution in [0.4, 0.5) is 19.0 Å². The minimum atomic E-state index is -4.61. The van der Waals surface area contributed by atoms with Gasteiger partial charge in [0.1, 0.15) is 18.2 Å². The van der Waals surface area contributed by atoms with Crippen LogP contribution in [0, 0.1) is 6.92 Å². The first-order valence-electron chi connectivity index (χ1n) is 7.74. The molecule has 10 heteroatoms. The molecule has 1 amide bonds. The Morgan fingerprint density at radius 1 is 1.19 bits per heavy atom. The number of aromatic nitrogens is 4. The summed E-state index contributed by atoms with van der Waals surface area (Å²) in [6.07, 6.45) is -3.31. The summed E-state index contributed by atoms with van der Waals surface area (Å²) < 4.78 is 40.3. The number of alkyl halides is 3. The van der Waals surface area contributed by atoms with Crippen LogP contribution in [0.5, 0.6) is 0 Å². The van der Waals surface area contributed by atoms with Gasteiger partial charge in [0.25, 0.3) is 5.91 Å². The van der Waals surface area contributed by atoms with E-state index in [1.54, 1.807) is 31.2 Å². The quantitative estimate of drug-likeness (QED) is 0.673. The third kappa shape index (κ3) is 4.43. The van der Waals surface area contributed by atoms with E-state index in [1.807, 2.05) is 0 Å². The Balaban J connectivity index is 1.97. The predicted octanol–water partition coefficient (Wildman–Crippen LogP) is 3.83. The number of halogens is 4. The molecule has 0 aliphatic heterocycles. The minimum absolute atomic E-state index is 0.139. The average molecular weight is 396 g/mol. The molecule has 6 nitrogen and oxygen atoms in total. The van der Waals surface area contributed by atoms with Gasteiger partial charge in [-0.15, -0.1) is 5.10 Å². The zero-order valence-electron chi connectivity index (χ0n) is 14.0. The van der Waals surface area contributed by atoms with Gasteiger partial charge in [0.15, 0.2) is 0 Å². The standard InChI is InChI=1S/C17H13ClF3N5O/c1-11-23-15(24-26(11)13-7-5-12(18)6-8-13)16(27)25(10-17(19,20)21)14-4-2-3-9-22-14/h2-9H,10H2,1H3. The first kappa shape index (κ1) is 18.8. The van der Waals surface area contributed by atoms with Gasteiger partial charge in [-0.2, -0.15) is 13.2 Å². The highest BCUT2D eigenvalue weighted by molar-refractivity contribution is 6.30. The van der Waals surface area contributed by atoms with Gasteiger partial charge in [-0.05, 0) is 43.3 Å². The molecule has 0 saturated carbocycles. The molecule has 27 heavy (non-hydrogen) atoms. The van der Waals surface area contributed by atoms with E-state index in [-0.39, 0.29) is 11.6 Å². The molecule has 0 aliphatic carbocycles. The van der Waals surface area contributed by atoms with Crippen LogP contribution in [0.2, 0.25) is 5.02 Å². The number of nitrogens with zero attached hydrogens (tertiary/aromatic N) is 5. The van der Waals surface area contributed by atoms with Gasteiger partial charge in [-0.3, -0.25) is 9.69 Å². The third-order valence-corrected chi connectivity index (χ3v) is 3.79. The molecule has 0 N–H and O–H groups in total. The molecular weight excluding hydrogens is 383 g/mol. The molecular formula is C17H13ClF3N5O. The van der Waals surface area contributed by atoms with Crippen molar-refractivity contribution in [2.24, 2.45) is 0 Å². The predicted molar refractivity (Wildman–Crippen MR) is 93.1 cm³/mol. The summed E-state index contributed by atoms with van der Waals surface area (Å²) in [6.45, 7) is 0.0879. The van der Waals surface area contributed by atoms with Gasteiger partial charge < -0.3 is 0 Å². The lowest BCUT2D eigenvalue weighted by molar-refractivity contribution is -0.118. The fraction of sp³-hybridized carbons (Fsp3) is 0.176. The fourth-order valence-corrected chi connectivity index (χ4v) is 2.50.